The van der Waals surface area contributed by atoms with Gasteiger partial charge in [-0.3, -0.25) is 4.79 Å². The second kappa shape index (κ2) is 9.48. The third-order valence-electron chi connectivity index (χ3n) is 4.58. The van der Waals surface area contributed by atoms with Crippen LogP contribution < -0.4 is 5.32 Å². The predicted octanol–water partition coefficient (Wildman–Crippen LogP) is 3.34. The van der Waals surface area contributed by atoms with E-state index in [-0.39, 0.29) is 5.91 Å². The van der Waals surface area contributed by atoms with E-state index in [0.717, 1.165) is 6.42 Å². The maximum Gasteiger partial charge on any atom is 0.246 e. The molecule has 4 nitrogen and oxygen atoms in total. The van der Waals surface area contributed by atoms with Gasteiger partial charge in [-0.15, -0.1) is 0 Å². The van der Waals surface area contributed by atoms with Crippen LogP contribution in [0.3, 0.4) is 0 Å². The van der Waals surface area contributed by atoms with Crippen LogP contribution in [0.25, 0.3) is 0 Å². The van der Waals surface area contributed by atoms with Crippen LogP contribution in [-0.2, 0) is 9.53 Å². The van der Waals surface area contributed by atoms with E-state index in [1.54, 1.807) is 6.92 Å². The quantitative estimate of drug-likeness (QED) is 0.367. The molecule has 1 amide bonds. The average Bonchev–Trinajstić information content (AvgIpc) is 2.36. The molecule has 22 heavy (non-hydrogen) atoms. The van der Waals surface area contributed by atoms with Crippen molar-refractivity contribution in [2.45, 2.75) is 70.8 Å². The minimum Gasteiger partial charge on any atom is -0.391 e. The highest BCUT2D eigenvalue weighted by molar-refractivity contribution is 6.80. The Morgan fingerprint density at radius 2 is 1.95 bits per heavy atom. The van der Waals surface area contributed by atoms with Crippen LogP contribution in [0.5, 0.6) is 0 Å². The van der Waals surface area contributed by atoms with Gasteiger partial charge < -0.3 is 15.2 Å². The van der Waals surface area contributed by atoms with E-state index in [2.05, 4.69) is 45.8 Å². The van der Waals surface area contributed by atoms with Gasteiger partial charge in [-0.25, -0.2) is 0 Å². The highest BCUT2D eigenvalue weighted by Gasteiger charge is 2.33. The topological polar surface area (TPSA) is 58.6 Å². The third kappa shape index (κ3) is 8.71. The minimum atomic E-state index is -1.22. The molecule has 2 N–H and O–H groups in total. The molecule has 0 aromatic rings. The monoisotopic (exact) mass is 329 g/mol. The van der Waals surface area contributed by atoms with Gasteiger partial charge in [0.1, 0.15) is 0 Å². The number of carbonyl (C=O) groups excluding carboxylic acids is 1. The van der Waals surface area contributed by atoms with Crippen LogP contribution in [0, 0.1) is 0 Å². The summed E-state index contributed by atoms with van der Waals surface area (Å²) in [6, 6.07) is 1.24. The van der Waals surface area contributed by atoms with E-state index in [4.69, 9.17) is 4.74 Å². The molecule has 0 aliphatic heterocycles. The van der Waals surface area contributed by atoms with E-state index in [9.17, 15) is 9.90 Å². The maximum atomic E-state index is 11.3. The van der Waals surface area contributed by atoms with Gasteiger partial charge in [0.05, 0.1) is 20.8 Å². The highest BCUT2D eigenvalue weighted by atomic mass is 28.3. The molecule has 0 rings (SSSR count). The molecule has 0 radical (unpaired) electrons. The van der Waals surface area contributed by atoms with Crippen molar-refractivity contribution in [2.75, 3.05) is 19.8 Å². The van der Waals surface area contributed by atoms with Crippen molar-refractivity contribution in [2.24, 2.45) is 0 Å². The highest BCUT2D eigenvalue weighted by Crippen LogP contribution is 2.39. The number of hydrogen-bond acceptors (Lipinski definition) is 3. The van der Waals surface area contributed by atoms with Crippen molar-refractivity contribution in [3.8, 4) is 0 Å². The fourth-order valence-corrected chi connectivity index (χ4v) is 3.58. The van der Waals surface area contributed by atoms with Gasteiger partial charge >= 0.3 is 0 Å². The standard InChI is InChI=1S/C17H35NO3Si/c1-14(2)16(20)18-10-9-15(19)13-21-11-8-12-22(6,7)17(3,4)5/h15,19H,1,8-13H2,2-7H3,(H,18,20). The van der Waals surface area contributed by atoms with Gasteiger partial charge in [-0.2, -0.15) is 0 Å². The lowest BCUT2D eigenvalue weighted by molar-refractivity contribution is -0.117. The Morgan fingerprint density at radius 1 is 1.36 bits per heavy atom. The maximum absolute atomic E-state index is 11.3. The molecule has 0 fully saturated rings. The predicted molar refractivity (Wildman–Crippen MR) is 95.9 cm³/mol. The van der Waals surface area contributed by atoms with Crippen LogP contribution in [0.15, 0.2) is 12.2 Å². The molecular weight excluding hydrogens is 294 g/mol. The van der Waals surface area contributed by atoms with Gasteiger partial charge in [-0.1, -0.05) is 46.5 Å². The zero-order chi connectivity index (χ0) is 17.4. The first-order valence-electron chi connectivity index (χ1n) is 8.17. The number of amides is 1. The van der Waals surface area contributed by atoms with Crippen molar-refractivity contribution in [1.82, 2.24) is 5.32 Å². The number of rotatable bonds is 10. The second-order valence-electron chi connectivity index (χ2n) is 7.79. The van der Waals surface area contributed by atoms with E-state index in [1.807, 2.05) is 0 Å². The minimum absolute atomic E-state index is 0.164. The van der Waals surface area contributed by atoms with Crippen LogP contribution >= 0.6 is 0 Å². The van der Waals surface area contributed by atoms with Crippen molar-refractivity contribution >= 4 is 14.0 Å². The zero-order valence-electron chi connectivity index (χ0n) is 15.3. The smallest absolute Gasteiger partial charge is 0.246 e. The van der Waals surface area contributed by atoms with Crippen molar-refractivity contribution in [3.63, 3.8) is 0 Å². The molecule has 0 aliphatic rings. The summed E-state index contributed by atoms with van der Waals surface area (Å²) >= 11 is 0. The van der Waals surface area contributed by atoms with E-state index >= 15 is 0 Å². The van der Waals surface area contributed by atoms with E-state index in [0.29, 0.717) is 36.8 Å². The SMILES string of the molecule is C=C(C)C(=O)NCCC(O)COCCC[Si](C)(C)C(C)(C)C. The first-order valence-corrected chi connectivity index (χ1v) is 11.4. The Labute approximate surface area is 137 Å². The first kappa shape index (κ1) is 21.3. The largest absolute Gasteiger partial charge is 0.391 e. The summed E-state index contributed by atoms with van der Waals surface area (Å²) in [6.45, 7) is 18.5. The molecule has 130 valence electrons. The number of ether oxygens (including phenoxy) is 1. The summed E-state index contributed by atoms with van der Waals surface area (Å²) in [6.07, 6.45) is 1.02. The van der Waals surface area contributed by atoms with Gasteiger partial charge in [0.2, 0.25) is 5.91 Å². The average molecular weight is 330 g/mol. The zero-order valence-corrected chi connectivity index (χ0v) is 16.3. The molecule has 0 aromatic carbocycles. The second-order valence-corrected chi connectivity index (χ2v) is 13.6. The molecule has 1 unspecified atom stereocenters. The lowest BCUT2D eigenvalue weighted by atomic mass is 10.2. The first-order chi connectivity index (χ1) is 9.97. The number of carbonyl (C=O) groups is 1. The number of nitrogens with one attached hydrogen (secondary N) is 1. The summed E-state index contributed by atoms with van der Waals surface area (Å²) < 4.78 is 5.55. The molecule has 0 spiro atoms. The molecule has 0 heterocycles. The van der Waals surface area contributed by atoms with Crippen molar-refractivity contribution in [1.29, 1.82) is 0 Å². The Kier molecular flexibility index (Phi) is 9.20. The summed E-state index contributed by atoms with van der Waals surface area (Å²) in [7, 11) is -1.22. The fraction of sp³-hybridized carbons (Fsp3) is 0.824. The summed E-state index contributed by atoms with van der Waals surface area (Å²) in [5.41, 5.74) is 0.483. The lowest BCUT2D eigenvalue weighted by Gasteiger charge is -2.37. The Morgan fingerprint density at radius 3 is 2.45 bits per heavy atom. The number of hydrogen-bond donors (Lipinski definition) is 2. The van der Waals surface area contributed by atoms with Gasteiger partial charge in [0.15, 0.2) is 0 Å². The molecule has 0 aliphatic carbocycles. The van der Waals surface area contributed by atoms with Crippen LogP contribution in [-0.4, -0.2) is 45.0 Å². The molecule has 0 aromatic heterocycles. The molecule has 1 atom stereocenters. The number of aliphatic hydroxyl groups excluding tert-OH is 1. The van der Waals surface area contributed by atoms with Gasteiger partial charge in [0, 0.05) is 18.7 Å². The van der Waals surface area contributed by atoms with Crippen LogP contribution in [0.1, 0.15) is 40.5 Å². The molecule has 0 saturated carbocycles. The van der Waals surface area contributed by atoms with Crippen LogP contribution in [0.2, 0.25) is 24.2 Å². The molecule has 0 saturated heterocycles. The third-order valence-corrected chi connectivity index (χ3v) is 10.2. The Balaban J connectivity index is 3.71. The molecular formula is C17H35NO3Si. The van der Waals surface area contributed by atoms with Crippen LogP contribution in [0.4, 0.5) is 0 Å². The summed E-state index contributed by atoms with van der Waals surface area (Å²) in [5.74, 6) is -0.164. The molecule has 0 bridgehead atoms. The lowest BCUT2D eigenvalue weighted by Crippen LogP contribution is -2.37. The summed E-state index contributed by atoms with van der Waals surface area (Å²) in [5, 5.41) is 12.9. The van der Waals surface area contributed by atoms with Crippen molar-refractivity contribution < 1.29 is 14.6 Å². The number of aliphatic hydroxyl groups is 1. The van der Waals surface area contributed by atoms with E-state index < -0.39 is 14.2 Å². The van der Waals surface area contributed by atoms with E-state index in [1.165, 1.54) is 6.04 Å². The normalized spacial score (nSPS) is 13.8. The van der Waals surface area contributed by atoms with Gasteiger partial charge in [-0.05, 0) is 24.8 Å². The Hall–Kier alpha value is -0.653. The fourth-order valence-electron chi connectivity index (χ4n) is 1.80. The molecule has 5 heteroatoms. The summed E-state index contributed by atoms with van der Waals surface area (Å²) in [4.78, 5) is 11.3. The van der Waals surface area contributed by atoms with Crippen molar-refractivity contribution in [3.05, 3.63) is 12.2 Å². The van der Waals surface area contributed by atoms with Gasteiger partial charge in [0.25, 0.3) is 0 Å². The Bertz CT molecular complexity index is 361.